The lowest BCUT2D eigenvalue weighted by Gasteiger charge is -1.90. The van der Waals surface area contributed by atoms with Gasteiger partial charge in [0.1, 0.15) is 10.6 Å². The number of aryl methyl sites for hydroxylation is 1. The summed E-state index contributed by atoms with van der Waals surface area (Å²) in [6, 6.07) is 10.3. The lowest BCUT2D eigenvalue weighted by Crippen LogP contribution is -1.71. The summed E-state index contributed by atoms with van der Waals surface area (Å²) < 4.78 is 7.86. The first-order valence-corrected chi connectivity index (χ1v) is 7.28. The minimum atomic E-state index is 0.950. The van der Waals surface area contributed by atoms with Crippen LogP contribution in [0.1, 0.15) is 5.56 Å². The number of aromatic nitrogens is 1. The molecule has 0 aliphatic carbocycles. The van der Waals surface area contributed by atoms with Crippen molar-refractivity contribution in [3.8, 4) is 9.88 Å². The van der Waals surface area contributed by atoms with Crippen LogP contribution in [0.5, 0.6) is 0 Å². The van der Waals surface area contributed by atoms with Crippen LogP contribution in [0.2, 0.25) is 0 Å². The SMILES string of the molecule is Cc1cccc2nc(-c3cc4occc4s3)sc12. The highest BCUT2D eigenvalue weighted by molar-refractivity contribution is 7.28. The summed E-state index contributed by atoms with van der Waals surface area (Å²) in [6.07, 6.45) is 1.73. The molecule has 1 aromatic carbocycles. The fourth-order valence-corrected chi connectivity index (χ4v) is 4.12. The summed E-state index contributed by atoms with van der Waals surface area (Å²) in [4.78, 5) is 5.89. The van der Waals surface area contributed by atoms with Crippen LogP contribution in [0, 0.1) is 6.92 Å². The molecule has 3 heterocycles. The maximum Gasteiger partial charge on any atom is 0.145 e. The molecule has 0 aliphatic heterocycles. The molecule has 0 aliphatic rings. The highest BCUT2D eigenvalue weighted by Gasteiger charge is 2.11. The van der Waals surface area contributed by atoms with E-state index < -0.39 is 0 Å². The van der Waals surface area contributed by atoms with Gasteiger partial charge in [-0.3, -0.25) is 0 Å². The predicted octanol–water partition coefficient (Wildman–Crippen LogP) is 5.08. The molecule has 0 fully saturated rings. The third-order valence-electron chi connectivity index (χ3n) is 2.96. The van der Waals surface area contributed by atoms with Crippen LogP contribution in [0.25, 0.3) is 30.4 Å². The van der Waals surface area contributed by atoms with E-state index in [2.05, 4.69) is 31.2 Å². The van der Waals surface area contributed by atoms with E-state index in [0.29, 0.717) is 0 Å². The molecule has 0 bridgehead atoms. The van der Waals surface area contributed by atoms with E-state index in [1.807, 2.05) is 6.07 Å². The Kier molecular flexibility index (Phi) is 2.10. The zero-order valence-electron chi connectivity index (χ0n) is 9.64. The first kappa shape index (κ1) is 10.3. The van der Waals surface area contributed by atoms with E-state index in [1.165, 1.54) is 19.8 Å². The molecule has 2 nitrogen and oxygen atoms in total. The number of hydrogen-bond acceptors (Lipinski definition) is 4. The number of benzene rings is 1. The molecule has 18 heavy (non-hydrogen) atoms. The Bertz CT molecular complexity index is 824. The molecule has 0 radical (unpaired) electrons. The van der Waals surface area contributed by atoms with E-state index in [9.17, 15) is 0 Å². The molecule has 0 unspecified atom stereocenters. The van der Waals surface area contributed by atoms with Crippen LogP contribution >= 0.6 is 22.7 Å². The second-order valence-electron chi connectivity index (χ2n) is 4.20. The van der Waals surface area contributed by atoms with Crippen molar-refractivity contribution in [2.24, 2.45) is 0 Å². The van der Waals surface area contributed by atoms with Crippen LogP contribution in [-0.4, -0.2) is 4.98 Å². The van der Waals surface area contributed by atoms with Gasteiger partial charge in [-0.2, -0.15) is 0 Å². The zero-order chi connectivity index (χ0) is 12.1. The molecule has 4 aromatic rings. The lowest BCUT2D eigenvalue weighted by molar-refractivity contribution is 0.616. The first-order valence-electron chi connectivity index (χ1n) is 5.65. The Morgan fingerprint density at radius 2 is 2.11 bits per heavy atom. The van der Waals surface area contributed by atoms with Crippen LogP contribution in [0.15, 0.2) is 41.0 Å². The second-order valence-corrected chi connectivity index (χ2v) is 6.28. The minimum Gasteiger partial charge on any atom is -0.463 e. The molecule has 88 valence electrons. The molecular weight excluding hydrogens is 262 g/mol. The van der Waals surface area contributed by atoms with Gasteiger partial charge in [-0.25, -0.2) is 4.98 Å². The molecule has 0 amide bonds. The van der Waals surface area contributed by atoms with Gasteiger partial charge in [-0.05, 0) is 24.6 Å². The quantitative estimate of drug-likeness (QED) is 0.482. The van der Waals surface area contributed by atoms with Gasteiger partial charge < -0.3 is 4.42 Å². The summed E-state index contributed by atoms with van der Waals surface area (Å²) in [6.45, 7) is 2.13. The summed E-state index contributed by atoms with van der Waals surface area (Å²) >= 11 is 3.49. The number of furan rings is 1. The number of fused-ring (bicyclic) bond motifs is 2. The summed E-state index contributed by atoms with van der Waals surface area (Å²) in [5, 5.41) is 1.08. The molecule has 4 rings (SSSR count). The predicted molar refractivity (Wildman–Crippen MR) is 77.4 cm³/mol. The Balaban J connectivity index is 1.96. The van der Waals surface area contributed by atoms with E-state index in [-0.39, 0.29) is 0 Å². The minimum absolute atomic E-state index is 0.950. The van der Waals surface area contributed by atoms with E-state index in [0.717, 1.165) is 16.1 Å². The Hall–Kier alpha value is -1.65. The molecule has 0 saturated carbocycles. The molecule has 3 aromatic heterocycles. The van der Waals surface area contributed by atoms with Crippen LogP contribution in [0.4, 0.5) is 0 Å². The van der Waals surface area contributed by atoms with Gasteiger partial charge >= 0.3 is 0 Å². The van der Waals surface area contributed by atoms with Crippen molar-refractivity contribution in [1.82, 2.24) is 4.98 Å². The fraction of sp³-hybridized carbons (Fsp3) is 0.0714. The standard InChI is InChI=1S/C14H9NOS2/c1-8-3-2-4-9-13(8)18-14(15-9)12-7-10-11(17-12)5-6-16-10/h2-7H,1H3. The van der Waals surface area contributed by atoms with Crippen molar-refractivity contribution in [2.75, 3.05) is 0 Å². The number of rotatable bonds is 1. The van der Waals surface area contributed by atoms with Crippen molar-refractivity contribution in [1.29, 1.82) is 0 Å². The van der Waals surface area contributed by atoms with Crippen LogP contribution in [-0.2, 0) is 0 Å². The highest BCUT2D eigenvalue weighted by atomic mass is 32.1. The lowest BCUT2D eigenvalue weighted by atomic mass is 10.2. The van der Waals surface area contributed by atoms with Gasteiger partial charge in [0.05, 0.1) is 26.1 Å². The van der Waals surface area contributed by atoms with Crippen molar-refractivity contribution in [2.45, 2.75) is 6.92 Å². The fourth-order valence-electron chi connectivity index (χ4n) is 2.06. The van der Waals surface area contributed by atoms with Gasteiger partial charge in [0.2, 0.25) is 0 Å². The Labute approximate surface area is 112 Å². The molecule has 0 spiro atoms. The average molecular weight is 271 g/mol. The maximum atomic E-state index is 5.41. The summed E-state index contributed by atoms with van der Waals surface area (Å²) in [5.74, 6) is 0. The van der Waals surface area contributed by atoms with Gasteiger partial charge in [0.25, 0.3) is 0 Å². The molecule has 0 atom stereocenters. The van der Waals surface area contributed by atoms with Gasteiger partial charge in [-0.1, -0.05) is 12.1 Å². The van der Waals surface area contributed by atoms with Crippen molar-refractivity contribution < 1.29 is 4.42 Å². The molecule has 0 saturated heterocycles. The smallest absolute Gasteiger partial charge is 0.145 e. The average Bonchev–Trinajstić information content (AvgIpc) is 3.01. The third-order valence-corrected chi connectivity index (χ3v) is 5.42. The summed E-state index contributed by atoms with van der Waals surface area (Å²) in [5.41, 5.74) is 3.32. The topological polar surface area (TPSA) is 26.0 Å². The molecule has 4 heteroatoms. The normalized spacial score (nSPS) is 11.6. The van der Waals surface area contributed by atoms with Crippen LogP contribution < -0.4 is 0 Å². The van der Waals surface area contributed by atoms with E-state index in [4.69, 9.17) is 9.40 Å². The Morgan fingerprint density at radius 1 is 1.17 bits per heavy atom. The van der Waals surface area contributed by atoms with Gasteiger partial charge in [0, 0.05) is 6.07 Å². The highest BCUT2D eigenvalue weighted by Crippen LogP contribution is 2.38. The van der Waals surface area contributed by atoms with Crippen LogP contribution in [0.3, 0.4) is 0 Å². The van der Waals surface area contributed by atoms with Crippen molar-refractivity contribution >= 4 is 43.2 Å². The largest absolute Gasteiger partial charge is 0.463 e. The third kappa shape index (κ3) is 1.43. The number of thiazole rings is 1. The zero-order valence-corrected chi connectivity index (χ0v) is 11.3. The van der Waals surface area contributed by atoms with E-state index in [1.54, 1.807) is 28.9 Å². The molecular formula is C14H9NOS2. The second kappa shape index (κ2) is 3.67. The first-order chi connectivity index (χ1) is 8.81. The summed E-state index contributed by atoms with van der Waals surface area (Å²) in [7, 11) is 0. The Morgan fingerprint density at radius 3 is 2.94 bits per heavy atom. The van der Waals surface area contributed by atoms with Crippen molar-refractivity contribution in [3.63, 3.8) is 0 Å². The maximum absolute atomic E-state index is 5.41. The van der Waals surface area contributed by atoms with Gasteiger partial charge in [0.15, 0.2) is 0 Å². The number of thiophene rings is 1. The van der Waals surface area contributed by atoms with Gasteiger partial charge in [-0.15, -0.1) is 22.7 Å². The van der Waals surface area contributed by atoms with E-state index >= 15 is 0 Å². The molecule has 0 N–H and O–H groups in total. The number of hydrogen-bond donors (Lipinski definition) is 0. The van der Waals surface area contributed by atoms with Crippen molar-refractivity contribution in [3.05, 3.63) is 42.2 Å². The monoisotopic (exact) mass is 271 g/mol. The number of nitrogens with zero attached hydrogens (tertiary/aromatic N) is 1.